The fourth-order valence-corrected chi connectivity index (χ4v) is 1.41. The number of nitrogens with one attached hydrogen (secondary N) is 2. The van der Waals surface area contributed by atoms with Crippen LogP contribution in [0.4, 0.5) is 5.82 Å². The first-order chi connectivity index (χ1) is 7.36. The van der Waals surface area contributed by atoms with Gasteiger partial charge in [-0.2, -0.15) is 0 Å². The fourth-order valence-electron chi connectivity index (χ4n) is 0.874. The maximum Gasteiger partial charge on any atom is 0.289 e. The standard InChI is InChI=1S/C8H7N5OS/c14-8(6-3-15-5-11-6)13-12-7-1-2-9-4-10-7/h1-5H,(H,13,14)(H,9,10,12). The predicted octanol–water partition coefficient (Wildman–Crippen LogP) is 0.690. The van der Waals surface area contributed by atoms with E-state index in [1.54, 1.807) is 23.2 Å². The summed E-state index contributed by atoms with van der Waals surface area (Å²) >= 11 is 1.36. The molecule has 0 aliphatic carbocycles. The quantitative estimate of drug-likeness (QED) is 0.745. The minimum atomic E-state index is -0.296. The molecule has 0 aliphatic heterocycles. The van der Waals surface area contributed by atoms with Crippen LogP contribution in [0, 0.1) is 0 Å². The highest BCUT2D eigenvalue weighted by Crippen LogP contribution is 2.01. The zero-order chi connectivity index (χ0) is 10.5. The lowest BCUT2D eigenvalue weighted by Crippen LogP contribution is -2.29. The molecule has 2 N–H and O–H groups in total. The summed E-state index contributed by atoms with van der Waals surface area (Å²) < 4.78 is 0. The number of nitrogens with zero attached hydrogens (tertiary/aromatic N) is 3. The molecule has 7 heteroatoms. The van der Waals surface area contributed by atoms with E-state index in [1.165, 1.54) is 17.7 Å². The molecule has 1 amide bonds. The number of hydrogen-bond acceptors (Lipinski definition) is 6. The van der Waals surface area contributed by atoms with E-state index in [-0.39, 0.29) is 5.91 Å². The molecule has 0 aromatic carbocycles. The molecule has 0 unspecified atom stereocenters. The summed E-state index contributed by atoms with van der Waals surface area (Å²) in [5.74, 6) is 0.225. The highest BCUT2D eigenvalue weighted by molar-refractivity contribution is 7.07. The number of amides is 1. The van der Waals surface area contributed by atoms with Crippen molar-refractivity contribution in [2.45, 2.75) is 0 Å². The maximum absolute atomic E-state index is 11.4. The SMILES string of the molecule is O=C(NNc1ccncn1)c1cscn1. The summed E-state index contributed by atoms with van der Waals surface area (Å²) in [4.78, 5) is 22.9. The number of hydrogen-bond donors (Lipinski definition) is 2. The van der Waals surface area contributed by atoms with E-state index in [2.05, 4.69) is 25.8 Å². The molecular weight excluding hydrogens is 214 g/mol. The summed E-state index contributed by atoms with van der Waals surface area (Å²) in [5.41, 5.74) is 7.09. The molecule has 0 saturated heterocycles. The van der Waals surface area contributed by atoms with E-state index in [9.17, 15) is 4.79 Å². The van der Waals surface area contributed by atoms with Crippen molar-refractivity contribution in [3.05, 3.63) is 35.2 Å². The van der Waals surface area contributed by atoms with Crippen molar-refractivity contribution in [3.8, 4) is 0 Å². The summed E-state index contributed by atoms with van der Waals surface area (Å²) in [6, 6.07) is 1.64. The lowest BCUT2D eigenvalue weighted by molar-refractivity contribution is 0.0958. The number of hydrazine groups is 1. The highest BCUT2D eigenvalue weighted by atomic mass is 32.1. The molecule has 0 atom stereocenters. The number of thiazole rings is 1. The van der Waals surface area contributed by atoms with Crippen LogP contribution in [0.1, 0.15) is 10.5 Å². The predicted molar refractivity (Wildman–Crippen MR) is 55.2 cm³/mol. The molecule has 0 bridgehead atoms. The number of aromatic nitrogens is 3. The third-order valence-corrected chi connectivity index (χ3v) is 2.14. The maximum atomic E-state index is 11.4. The summed E-state index contributed by atoms with van der Waals surface area (Å²) in [6.07, 6.45) is 2.96. The minimum Gasteiger partial charge on any atom is -0.281 e. The van der Waals surface area contributed by atoms with Crippen molar-refractivity contribution >= 4 is 23.1 Å². The molecule has 76 valence electrons. The zero-order valence-corrected chi connectivity index (χ0v) is 8.36. The Kier molecular flexibility index (Phi) is 2.84. The van der Waals surface area contributed by atoms with E-state index >= 15 is 0 Å². The van der Waals surface area contributed by atoms with Gasteiger partial charge < -0.3 is 0 Å². The lowest BCUT2D eigenvalue weighted by atomic mass is 10.5. The lowest BCUT2D eigenvalue weighted by Gasteiger charge is -2.04. The average molecular weight is 221 g/mol. The molecule has 6 nitrogen and oxygen atoms in total. The van der Waals surface area contributed by atoms with Crippen LogP contribution in [-0.4, -0.2) is 20.9 Å². The van der Waals surface area contributed by atoms with Gasteiger partial charge in [-0.3, -0.25) is 15.6 Å². The Morgan fingerprint density at radius 2 is 2.33 bits per heavy atom. The summed E-state index contributed by atoms with van der Waals surface area (Å²) in [5, 5.41) is 1.66. The van der Waals surface area contributed by atoms with Gasteiger partial charge in [0.15, 0.2) is 0 Å². The Bertz CT molecular complexity index is 430. The van der Waals surface area contributed by atoms with Crippen LogP contribution < -0.4 is 10.9 Å². The molecule has 0 radical (unpaired) electrons. The second-order valence-electron chi connectivity index (χ2n) is 2.55. The monoisotopic (exact) mass is 221 g/mol. The zero-order valence-electron chi connectivity index (χ0n) is 7.54. The number of rotatable bonds is 3. The van der Waals surface area contributed by atoms with Crippen LogP contribution in [-0.2, 0) is 0 Å². The third kappa shape index (κ3) is 2.47. The minimum absolute atomic E-state index is 0.296. The highest BCUT2D eigenvalue weighted by Gasteiger charge is 2.06. The largest absolute Gasteiger partial charge is 0.289 e. The van der Waals surface area contributed by atoms with Crippen LogP contribution >= 0.6 is 11.3 Å². The third-order valence-electron chi connectivity index (χ3n) is 1.55. The van der Waals surface area contributed by atoms with Gasteiger partial charge in [0.2, 0.25) is 0 Å². The summed E-state index contributed by atoms with van der Waals surface area (Å²) in [6.45, 7) is 0. The van der Waals surface area contributed by atoms with Gasteiger partial charge in [0.1, 0.15) is 17.8 Å². The molecule has 2 aromatic rings. The first kappa shape index (κ1) is 9.53. The van der Waals surface area contributed by atoms with Gasteiger partial charge >= 0.3 is 0 Å². The topological polar surface area (TPSA) is 79.8 Å². The van der Waals surface area contributed by atoms with Gasteiger partial charge in [-0.1, -0.05) is 0 Å². The first-order valence-electron chi connectivity index (χ1n) is 4.07. The van der Waals surface area contributed by atoms with Crippen LogP contribution in [0.15, 0.2) is 29.5 Å². The van der Waals surface area contributed by atoms with Gasteiger partial charge in [0.25, 0.3) is 5.91 Å². The molecule has 2 heterocycles. The van der Waals surface area contributed by atoms with Crippen molar-refractivity contribution in [1.82, 2.24) is 20.4 Å². The van der Waals surface area contributed by atoms with E-state index in [1.807, 2.05) is 0 Å². The smallest absolute Gasteiger partial charge is 0.281 e. The second-order valence-corrected chi connectivity index (χ2v) is 3.27. The van der Waals surface area contributed by atoms with Crippen molar-refractivity contribution in [2.75, 3.05) is 5.43 Å². The Morgan fingerprint density at radius 3 is 3.00 bits per heavy atom. The second kappa shape index (κ2) is 4.47. The van der Waals surface area contributed by atoms with Crippen LogP contribution in [0.2, 0.25) is 0 Å². The average Bonchev–Trinajstić information content (AvgIpc) is 2.81. The number of carbonyl (C=O) groups is 1. The first-order valence-corrected chi connectivity index (χ1v) is 5.01. The molecular formula is C8H7N5OS. The molecule has 15 heavy (non-hydrogen) atoms. The van der Waals surface area contributed by atoms with Gasteiger partial charge in [0, 0.05) is 17.6 Å². The van der Waals surface area contributed by atoms with Crippen molar-refractivity contribution in [2.24, 2.45) is 0 Å². The van der Waals surface area contributed by atoms with Gasteiger partial charge in [-0.25, -0.2) is 15.0 Å². The van der Waals surface area contributed by atoms with Crippen LogP contribution in [0.5, 0.6) is 0 Å². The van der Waals surface area contributed by atoms with Gasteiger partial charge in [0.05, 0.1) is 5.51 Å². The van der Waals surface area contributed by atoms with Gasteiger partial charge in [-0.15, -0.1) is 11.3 Å². The number of carbonyl (C=O) groups excluding carboxylic acids is 1. The van der Waals surface area contributed by atoms with Crippen LogP contribution in [0.3, 0.4) is 0 Å². The van der Waals surface area contributed by atoms with Crippen LogP contribution in [0.25, 0.3) is 0 Å². The Morgan fingerprint density at radius 1 is 1.40 bits per heavy atom. The molecule has 0 fully saturated rings. The van der Waals surface area contributed by atoms with E-state index < -0.39 is 0 Å². The summed E-state index contributed by atoms with van der Waals surface area (Å²) in [7, 11) is 0. The molecule has 0 saturated carbocycles. The number of anilines is 1. The van der Waals surface area contributed by atoms with Crippen molar-refractivity contribution < 1.29 is 4.79 Å². The molecule has 2 rings (SSSR count). The van der Waals surface area contributed by atoms with E-state index in [0.29, 0.717) is 11.5 Å². The Labute approximate surface area is 89.4 Å². The molecule has 0 aliphatic rings. The Hall–Kier alpha value is -2.02. The van der Waals surface area contributed by atoms with E-state index in [4.69, 9.17) is 0 Å². The van der Waals surface area contributed by atoms with E-state index in [0.717, 1.165) is 0 Å². The van der Waals surface area contributed by atoms with Crippen molar-refractivity contribution in [3.63, 3.8) is 0 Å². The molecule has 2 aromatic heterocycles. The normalized spacial score (nSPS) is 9.60. The fraction of sp³-hybridized carbons (Fsp3) is 0. The van der Waals surface area contributed by atoms with Crippen molar-refractivity contribution in [1.29, 1.82) is 0 Å². The Balaban J connectivity index is 1.92. The van der Waals surface area contributed by atoms with Gasteiger partial charge in [-0.05, 0) is 0 Å². The molecule has 0 spiro atoms.